The van der Waals surface area contributed by atoms with Crippen molar-refractivity contribution >= 4 is 33.0 Å². The van der Waals surface area contributed by atoms with E-state index in [1.165, 1.54) is 0 Å². The van der Waals surface area contributed by atoms with Crippen molar-refractivity contribution in [1.29, 1.82) is 0 Å². The van der Waals surface area contributed by atoms with Gasteiger partial charge in [0.1, 0.15) is 28.4 Å². The predicted molar refractivity (Wildman–Crippen MR) is 88.8 cm³/mol. The fraction of sp³-hybridized carbons (Fsp3) is 0.500. The first-order valence-electron chi connectivity index (χ1n) is 8.37. The lowest BCUT2D eigenvalue weighted by atomic mass is 9.99. The largest absolute Gasteiger partial charge is 0.409 e. The number of ketones is 1. The summed E-state index contributed by atoms with van der Waals surface area (Å²) in [6, 6.07) is -0.532. The van der Waals surface area contributed by atoms with Crippen molar-refractivity contribution in [3.63, 3.8) is 0 Å². The van der Waals surface area contributed by atoms with Crippen molar-refractivity contribution in [2.45, 2.75) is 42.8 Å². The Labute approximate surface area is 152 Å². The van der Waals surface area contributed by atoms with Crippen LogP contribution in [0.5, 0.6) is 0 Å². The lowest BCUT2D eigenvalue weighted by Gasteiger charge is -2.39. The van der Waals surface area contributed by atoms with Gasteiger partial charge < -0.3 is 10.2 Å². The molecule has 146 valence electrons. The summed E-state index contributed by atoms with van der Waals surface area (Å²) in [4.78, 5) is 11.9. The Morgan fingerprint density at radius 1 is 1.22 bits per heavy atom. The highest BCUT2D eigenvalue weighted by Crippen LogP contribution is 2.44. The van der Waals surface area contributed by atoms with Crippen molar-refractivity contribution in [1.82, 2.24) is 0 Å². The summed E-state index contributed by atoms with van der Waals surface area (Å²) in [6.45, 7) is -0.281. The third-order valence-electron chi connectivity index (χ3n) is 4.88. The van der Waals surface area contributed by atoms with Gasteiger partial charge in [0, 0.05) is 25.3 Å². The van der Waals surface area contributed by atoms with Crippen LogP contribution in [0.15, 0.2) is 21.4 Å². The Bertz CT molecular complexity index is 954. The van der Waals surface area contributed by atoms with Crippen LogP contribution >= 0.6 is 0 Å². The number of fused-ring (bicyclic) bond motifs is 1. The number of carbonyl (C=O) groups is 1. The van der Waals surface area contributed by atoms with E-state index in [4.69, 9.17) is 0 Å². The SMILES string of the molecule is O=C1CCN(c2cc(F)cc3c2NC(C2CC2)=NS3(=O)=O)[C@@H](C(F)(F)F)C1. The quantitative estimate of drug-likeness (QED) is 0.766. The van der Waals surface area contributed by atoms with E-state index in [2.05, 4.69) is 9.71 Å². The molecule has 1 aromatic carbocycles. The lowest BCUT2D eigenvalue weighted by molar-refractivity contribution is -0.158. The normalized spacial score (nSPS) is 24.9. The topological polar surface area (TPSA) is 78.8 Å². The number of sulfonamides is 1. The van der Waals surface area contributed by atoms with Crippen LogP contribution < -0.4 is 10.2 Å². The molecular formula is C16H15F4N3O3S. The number of hydrogen-bond acceptors (Lipinski definition) is 5. The van der Waals surface area contributed by atoms with Crippen molar-refractivity contribution in [2.75, 3.05) is 16.8 Å². The van der Waals surface area contributed by atoms with Crippen molar-refractivity contribution in [3.8, 4) is 0 Å². The number of carbonyl (C=O) groups excluding carboxylic acids is 1. The smallest absolute Gasteiger partial charge is 0.357 e. The van der Waals surface area contributed by atoms with Crippen LogP contribution in [0.4, 0.5) is 28.9 Å². The minimum absolute atomic E-state index is 0.104. The van der Waals surface area contributed by atoms with E-state index in [9.17, 15) is 30.8 Å². The summed E-state index contributed by atoms with van der Waals surface area (Å²) >= 11 is 0. The van der Waals surface area contributed by atoms with E-state index in [1.807, 2.05) is 0 Å². The predicted octanol–water partition coefficient (Wildman–Crippen LogP) is 2.85. The number of benzene rings is 1. The molecule has 1 aliphatic carbocycles. The minimum atomic E-state index is -4.73. The van der Waals surface area contributed by atoms with Gasteiger partial charge >= 0.3 is 6.18 Å². The number of hydrogen-bond donors (Lipinski definition) is 1. The summed E-state index contributed by atoms with van der Waals surface area (Å²) < 4.78 is 83.1. The van der Waals surface area contributed by atoms with E-state index in [1.54, 1.807) is 0 Å². The Morgan fingerprint density at radius 2 is 1.93 bits per heavy atom. The molecule has 3 aliphatic rings. The van der Waals surface area contributed by atoms with E-state index >= 15 is 0 Å². The van der Waals surface area contributed by atoms with Gasteiger partial charge in [0.05, 0.1) is 11.4 Å². The number of rotatable bonds is 2. The highest BCUT2D eigenvalue weighted by Gasteiger charge is 2.48. The molecule has 0 unspecified atom stereocenters. The Balaban J connectivity index is 1.85. The molecule has 2 aliphatic heterocycles. The number of alkyl halides is 3. The van der Waals surface area contributed by atoms with Gasteiger partial charge in [-0.1, -0.05) is 0 Å². The summed E-state index contributed by atoms with van der Waals surface area (Å²) in [5.74, 6) is -1.48. The Hall–Kier alpha value is -2.17. The first-order valence-corrected chi connectivity index (χ1v) is 9.81. The van der Waals surface area contributed by atoms with Crippen LogP contribution in [0.25, 0.3) is 0 Å². The third kappa shape index (κ3) is 3.28. The first-order chi connectivity index (χ1) is 12.6. The molecule has 0 aromatic heterocycles. The second kappa shape index (κ2) is 5.91. The molecule has 0 amide bonds. The summed E-state index contributed by atoms with van der Waals surface area (Å²) in [5.41, 5.74) is -0.339. The maximum atomic E-state index is 14.1. The van der Waals surface area contributed by atoms with E-state index < -0.39 is 45.2 Å². The Kier molecular flexibility index (Phi) is 3.99. The maximum absolute atomic E-state index is 14.1. The van der Waals surface area contributed by atoms with Crippen molar-refractivity contribution in [2.24, 2.45) is 10.3 Å². The first kappa shape index (κ1) is 18.2. The Morgan fingerprint density at radius 3 is 2.56 bits per heavy atom. The molecule has 4 rings (SSSR count). The second-order valence-corrected chi connectivity index (χ2v) is 8.47. The summed E-state index contributed by atoms with van der Waals surface area (Å²) in [5, 5.41) is 2.80. The van der Waals surface area contributed by atoms with Crippen molar-refractivity contribution in [3.05, 3.63) is 17.9 Å². The number of anilines is 2. The van der Waals surface area contributed by atoms with Gasteiger partial charge in [-0.15, -0.1) is 4.40 Å². The molecule has 1 saturated carbocycles. The second-order valence-electron chi connectivity index (χ2n) is 6.89. The maximum Gasteiger partial charge on any atom is 0.409 e. The van der Waals surface area contributed by atoms with Crippen LogP contribution in [-0.4, -0.2) is 38.8 Å². The monoisotopic (exact) mass is 405 g/mol. The van der Waals surface area contributed by atoms with Crippen LogP contribution in [0, 0.1) is 11.7 Å². The molecule has 0 radical (unpaired) electrons. The zero-order valence-electron chi connectivity index (χ0n) is 13.9. The molecular weight excluding hydrogens is 390 g/mol. The van der Waals surface area contributed by atoms with Gasteiger partial charge in [0.2, 0.25) is 0 Å². The van der Waals surface area contributed by atoms with Gasteiger partial charge in [-0.2, -0.15) is 21.6 Å². The number of nitrogens with one attached hydrogen (secondary N) is 1. The molecule has 1 atom stereocenters. The average Bonchev–Trinajstić information content (AvgIpc) is 3.38. The van der Waals surface area contributed by atoms with Gasteiger partial charge in [0.15, 0.2) is 0 Å². The van der Waals surface area contributed by atoms with Crippen LogP contribution in [0.2, 0.25) is 0 Å². The molecule has 1 saturated heterocycles. The van der Waals surface area contributed by atoms with Crippen LogP contribution in [0.1, 0.15) is 25.7 Å². The standard InChI is InChI=1S/C16H15F4N3O3S/c17-9-5-11(23-4-3-10(24)7-13(23)16(18,19)20)14-12(6-9)27(25,26)22-15(21-14)8-1-2-8/h5-6,8,13H,1-4,7H2,(H,21,22)/t13-/m1/s1. The van der Waals surface area contributed by atoms with Gasteiger partial charge in [-0.25, -0.2) is 4.39 Å². The number of Topliss-reactive ketones (excluding diaryl/α,β-unsaturated/α-hetero) is 1. The number of halogens is 4. The highest BCUT2D eigenvalue weighted by molar-refractivity contribution is 7.90. The molecule has 6 nitrogen and oxygen atoms in total. The number of nitrogens with zero attached hydrogens (tertiary/aromatic N) is 2. The molecule has 27 heavy (non-hydrogen) atoms. The van der Waals surface area contributed by atoms with E-state index in [-0.39, 0.29) is 36.1 Å². The molecule has 11 heteroatoms. The molecule has 0 spiro atoms. The minimum Gasteiger partial charge on any atom is -0.357 e. The molecule has 2 fully saturated rings. The van der Waals surface area contributed by atoms with Gasteiger partial charge in [-0.05, 0) is 25.0 Å². The molecule has 2 heterocycles. The van der Waals surface area contributed by atoms with Gasteiger partial charge in [0.25, 0.3) is 10.0 Å². The summed E-state index contributed by atoms with van der Waals surface area (Å²) in [7, 11) is -4.23. The molecule has 1 aromatic rings. The highest BCUT2D eigenvalue weighted by atomic mass is 32.2. The summed E-state index contributed by atoms with van der Waals surface area (Å²) in [6.07, 6.45) is -4.18. The molecule has 0 bridgehead atoms. The van der Waals surface area contributed by atoms with E-state index in [0.29, 0.717) is 0 Å². The third-order valence-corrected chi connectivity index (χ3v) is 6.19. The van der Waals surface area contributed by atoms with Gasteiger partial charge in [-0.3, -0.25) is 4.79 Å². The van der Waals surface area contributed by atoms with Crippen molar-refractivity contribution < 1.29 is 30.8 Å². The van der Waals surface area contributed by atoms with Crippen LogP contribution in [-0.2, 0) is 14.8 Å². The number of piperidine rings is 1. The number of amidine groups is 1. The van der Waals surface area contributed by atoms with Crippen LogP contribution in [0.3, 0.4) is 0 Å². The zero-order chi connectivity index (χ0) is 19.6. The van der Waals surface area contributed by atoms with E-state index in [0.717, 1.165) is 29.9 Å². The zero-order valence-corrected chi connectivity index (χ0v) is 14.7. The molecule has 1 N–H and O–H groups in total. The average molecular weight is 405 g/mol. The lowest BCUT2D eigenvalue weighted by Crippen LogP contribution is -2.51. The fourth-order valence-corrected chi connectivity index (χ4v) is 4.62. The fourth-order valence-electron chi connectivity index (χ4n) is 3.40.